The third-order valence-corrected chi connectivity index (χ3v) is 3.60. The zero-order valence-corrected chi connectivity index (χ0v) is 11.2. The Balaban J connectivity index is 2.24. The molecule has 1 aromatic rings. The lowest BCUT2D eigenvalue weighted by Crippen LogP contribution is -2.54. The summed E-state index contributed by atoms with van der Waals surface area (Å²) < 4.78 is 38.1. The van der Waals surface area contributed by atoms with Crippen molar-refractivity contribution in [3.63, 3.8) is 0 Å². The average Bonchev–Trinajstić information content (AvgIpc) is 2.44. The lowest BCUT2D eigenvalue weighted by molar-refractivity contribution is -0.221. The van der Waals surface area contributed by atoms with E-state index in [2.05, 4.69) is 0 Å². The summed E-state index contributed by atoms with van der Waals surface area (Å²) in [4.78, 5) is 13.4. The predicted molar refractivity (Wildman–Crippen MR) is 68.8 cm³/mol. The number of phenolic OH excluding ortho intramolecular Hbond substituents is 1. The van der Waals surface area contributed by atoms with Crippen LogP contribution in [-0.4, -0.2) is 45.9 Å². The van der Waals surface area contributed by atoms with Crippen LogP contribution in [0.2, 0.25) is 0 Å². The minimum absolute atomic E-state index is 0.102. The molecule has 0 saturated carbocycles. The number of alkyl halides is 3. The molecule has 2 rings (SSSR count). The molecule has 0 aliphatic carbocycles. The molecule has 0 spiro atoms. The zero-order chi connectivity index (χ0) is 15.6. The summed E-state index contributed by atoms with van der Waals surface area (Å²) in [7, 11) is 0. The first kappa shape index (κ1) is 15.6. The largest absolute Gasteiger partial charge is 0.508 e. The molecule has 1 aliphatic rings. The van der Waals surface area contributed by atoms with Gasteiger partial charge in [-0.2, -0.15) is 13.2 Å². The molecule has 2 unspecified atom stereocenters. The fourth-order valence-corrected chi connectivity index (χ4v) is 2.56. The molecule has 116 valence electrons. The highest BCUT2D eigenvalue weighted by atomic mass is 19.4. The number of aromatic hydroxyl groups is 1. The minimum Gasteiger partial charge on any atom is -0.508 e. The molecule has 0 aromatic heterocycles. The Morgan fingerprint density at radius 1 is 1.33 bits per heavy atom. The van der Waals surface area contributed by atoms with Gasteiger partial charge in [-0.1, -0.05) is 6.07 Å². The van der Waals surface area contributed by atoms with E-state index < -0.39 is 24.2 Å². The maximum absolute atomic E-state index is 12.7. The molecule has 1 saturated heterocycles. The lowest BCUT2D eigenvalue weighted by atomic mass is 9.96. The normalized spacial score (nSPS) is 21.1. The Bertz CT molecular complexity index is 518. The molecular formula is C14H16F3NO3. The highest BCUT2D eigenvalue weighted by molar-refractivity contribution is 5.94. The van der Waals surface area contributed by atoms with E-state index in [4.69, 9.17) is 0 Å². The van der Waals surface area contributed by atoms with Crippen molar-refractivity contribution in [3.05, 3.63) is 29.8 Å². The number of amides is 1. The van der Waals surface area contributed by atoms with E-state index in [0.717, 1.165) is 4.90 Å². The molecule has 1 heterocycles. The second kappa shape index (κ2) is 5.93. The lowest BCUT2D eigenvalue weighted by Gasteiger charge is -2.39. The third-order valence-electron chi connectivity index (χ3n) is 3.60. The van der Waals surface area contributed by atoms with E-state index in [-0.39, 0.29) is 24.3 Å². The van der Waals surface area contributed by atoms with Crippen molar-refractivity contribution in [2.24, 2.45) is 0 Å². The van der Waals surface area contributed by atoms with Gasteiger partial charge in [-0.15, -0.1) is 0 Å². The molecule has 21 heavy (non-hydrogen) atoms. The molecule has 1 amide bonds. The summed E-state index contributed by atoms with van der Waals surface area (Å²) in [6.07, 6.45) is -6.10. The first-order valence-electron chi connectivity index (χ1n) is 6.65. The molecule has 1 fully saturated rings. The molecule has 7 heteroatoms. The van der Waals surface area contributed by atoms with Gasteiger partial charge in [0.15, 0.2) is 6.10 Å². The topological polar surface area (TPSA) is 60.8 Å². The first-order chi connectivity index (χ1) is 9.80. The van der Waals surface area contributed by atoms with Gasteiger partial charge in [-0.3, -0.25) is 4.79 Å². The van der Waals surface area contributed by atoms with E-state index in [1.54, 1.807) is 0 Å². The number of phenols is 1. The molecule has 0 radical (unpaired) electrons. The van der Waals surface area contributed by atoms with Crippen molar-refractivity contribution in [3.8, 4) is 5.75 Å². The van der Waals surface area contributed by atoms with E-state index in [1.807, 2.05) is 0 Å². The van der Waals surface area contributed by atoms with Crippen molar-refractivity contribution in [2.75, 3.05) is 6.54 Å². The number of likely N-dealkylation sites (tertiary alicyclic amines) is 1. The number of hydrogen-bond donors (Lipinski definition) is 2. The van der Waals surface area contributed by atoms with Crippen LogP contribution < -0.4 is 0 Å². The van der Waals surface area contributed by atoms with E-state index in [9.17, 15) is 28.2 Å². The van der Waals surface area contributed by atoms with Crippen LogP contribution in [0.3, 0.4) is 0 Å². The Hall–Kier alpha value is -1.76. The van der Waals surface area contributed by atoms with E-state index >= 15 is 0 Å². The number of carbonyl (C=O) groups excluding carboxylic acids is 1. The molecule has 1 aliphatic heterocycles. The van der Waals surface area contributed by atoms with Crippen LogP contribution in [0.15, 0.2) is 24.3 Å². The molecule has 2 N–H and O–H groups in total. The van der Waals surface area contributed by atoms with Gasteiger partial charge in [0.05, 0.1) is 6.04 Å². The van der Waals surface area contributed by atoms with Gasteiger partial charge >= 0.3 is 6.18 Å². The maximum Gasteiger partial charge on any atom is 0.416 e. The van der Waals surface area contributed by atoms with Crippen LogP contribution >= 0.6 is 0 Å². The van der Waals surface area contributed by atoms with Crippen LogP contribution in [0.4, 0.5) is 13.2 Å². The summed E-state index contributed by atoms with van der Waals surface area (Å²) in [6, 6.07) is 4.16. The number of piperidine rings is 1. The number of rotatable bonds is 2. The number of halogens is 3. The summed E-state index contributed by atoms with van der Waals surface area (Å²) in [5.74, 6) is -0.746. The van der Waals surface area contributed by atoms with Crippen molar-refractivity contribution in [1.82, 2.24) is 4.90 Å². The standard InChI is InChI=1S/C14H16F3NO3/c15-14(16,17)12(20)11-6-1-2-7-18(11)13(21)9-4-3-5-10(19)8-9/h3-5,8,11-12,19-20H,1-2,6-7H2. The summed E-state index contributed by atoms with van der Waals surface area (Å²) in [5.41, 5.74) is 0.108. The number of carbonyl (C=O) groups is 1. The smallest absolute Gasteiger partial charge is 0.416 e. The molecule has 0 bridgehead atoms. The summed E-state index contributed by atoms with van der Waals surface area (Å²) in [6.45, 7) is 0.159. The summed E-state index contributed by atoms with van der Waals surface area (Å²) >= 11 is 0. The van der Waals surface area contributed by atoms with Crippen LogP contribution in [0.1, 0.15) is 29.6 Å². The highest BCUT2D eigenvalue weighted by Crippen LogP contribution is 2.31. The monoisotopic (exact) mass is 303 g/mol. The first-order valence-corrected chi connectivity index (χ1v) is 6.65. The molecule has 2 atom stereocenters. The Kier molecular flexibility index (Phi) is 4.41. The number of benzene rings is 1. The van der Waals surface area contributed by atoms with Crippen molar-refractivity contribution < 1.29 is 28.2 Å². The van der Waals surface area contributed by atoms with Gasteiger partial charge in [0.1, 0.15) is 5.75 Å². The van der Waals surface area contributed by atoms with Gasteiger partial charge in [0.2, 0.25) is 0 Å². The van der Waals surface area contributed by atoms with Crippen LogP contribution in [0.5, 0.6) is 5.75 Å². The van der Waals surface area contributed by atoms with Gasteiger partial charge in [0.25, 0.3) is 5.91 Å². The zero-order valence-electron chi connectivity index (χ0n) is 11.2. The van der Waals surface area contributed by atoms with Crippen molar-refractivity contribution in [1.29, 1.82) is 0 Å². The number of hydrogen-bond acceptors (Lipinski definition) is 3. The van der Waals surface area contributed by atoms with Crippen molar-refractivity contribution >= 4 is 5.91 Å². The number of aliphatic hydroxyl groups excluding tert-OH is 1. The fraction of sp³-hybridized carbons (Fsp3) is 0.500. The number of aliphatic hydroxyl groups is 1. The fourth-order valence-electron chi connectivity index (χ4n) is 2.56. The number of nitrogens with zero attached hydrogens (tertiary/aromatic N) is 1. The average molecular weight is 303 g/mol. The van der Waals surface area contributed by atoms with Gasteiger partial charge in [-0.25, -0.2) is 0 Å². The second-order valence-corrected chi connectivity index (χ2v) is 5.10. The SMILES string of the molecule is O=C(c1cccc(O)c1)N1CCCCC1C(O)C(F)(F)F. The van der Waals surface area contributed by atoms with E-state index in [0.29, 0.717) is 12.8 Å². The van der Waals surface area contributed by atoms with Gasteiger partial charge in [0, 0.05) is 12.1 Å². The van der Waals surface area contributed by atoms with Crippen molar-refractivity contribution in [2.45, 2.75) is 37.6 Å². The Morgan fingerprint density at radius 3 is 2.67 bits per heavy atom. The quantitative estimate of drug-likeness (QED) is 0.881. The molecule has 1 aromatic carbocycles. The summed E-state index contributed by atoms with van der Waals surface area (Å²) in [5, 5.41) is 18.8. The van der Waals surface area contributed by atoms with Gasteiger partial charge in [-0.05, 0) is 37.5 Å². The second-order valence-electron chi connectivity index (χ2n) is 5.10. The van der Waals surface area contributed by atoms with Gasteiger partial charge < -0.3 is 15.1 Å². The maximum atomic E-state index is 12.7. The minimum atomic E-state index is -4.76. The highest BCUT2D eigenvalue weighted by Gasteiger charge is 2.47. The van der Waals surface area contributed by atoms with Crippen LogP contribution in [0.25, 0.3) is 0 Å². The van der Waals surface area contributed by atoms with E-state index in [1.165, 1.54) is 24.3 Å². The third kappa shape index (κ3) is 3.47. The Morgan fingerprint density at radius 2 is 2.05 bits per heavy atom. The molecule has 4 nitrogen and oxygen atoms in total. The van der Waals surface area contributed by atoms with Crippen LogP contribution in [0, 0.1) is 0 Å². The predicted octanol–water partition coefficient (Wildman–Crippen LogP) is 2.31. The van der Waals surface area contributed by atoms with Crippen LogP contribution in [-0.2, 0) is 0 Å². The molecular weight excluding hydrogens is 287 g/mol. The Labute approximate surface area is 119 Å².